The SMILES string of the molecule is CN(C)S(=O)(=O)n1cnc(C2OCc3c(N)cccc32)c1. The topological polar surface area (TPSA) is 90.5 Å². The van der Waals surface area contributed by atoms with Gasteiger partial charge in [0.25, 0.3) is 0 Å². The number of aromatic nitrogens is 2. The Morgan fingerprint density at radius 1 is 1.43 bits per heavy atom. The molecule has 0 bridgehead atoms. The molecule has 0 saturated heterocycles. The molecule has 0 saturated carbocycles. The zero-order valence-electron chi connectivity index (χ0n) is 11.7. The zero-order chi connectivity index (χ0) is 15.2. The predicted molar refractivity (Wildman–Crippen MR) is 77.7 cm³/mol. The fraction of sp³-hybridized carbons (Fsp3) is 0.308. The van der Waals surface area contributed by atoms with Crippen LogP contribution in [0, 0.1) is 0 Å². The van der Waals surface area contributed by atoms with Crippen LogP contribution in [0.2, 0.25) is 0 Å². The number of fused-ring (bicyclic) bond motifs is 1. The summed E-state index contributed by atoms with van der Waals surface area (Å²) in [5, 5.41) is 0. The van der Waals surface area contributed by atoms with Crippen molar-refractivity contribution in [3.63, 3.8) is 0 Å². The zero-order valence-corrected chi connectivity index (χ0v) is 12.5. The van der Waals surface area contributed by atoms with Crippen LogP contribution in [0.15, 0.2) is 30.7 Å². The highest BCUT2D eigenvalue weighted by molar-refractivity contribution is 7.87. The Balaban J connectivity index is 1.99. The van der Waals surface area contributed by atoms with E-state index in [4.69, 9.17) is 10.5 Å². The Labute approximate surface area is 123 Å². The van der Waals surface area contributed by atoms with Crippen molar-refractivity contribution in [2.75, 3.05) is 19.8 Å². The Kier molecular flexibility index (Phi) is 3.23. The van der Waals surface area contributed by atoms with Gasteiger partial charge in [0.2, 0.25) is 0 Å². The molecule has 0 radical (unpaired) electrons. The van der Waals surface area contributed by atoms with E-state index in [1.807, 2.05) is 18.2 Å². The van der Waals surface area contributed by atoms with Crippen LogP contribution in [0.1, 0.15) is 22.9 Å². The largest absolute Gasteiger partial charge is 0.398 e. The van der Waals surface area contributed by atoms with E-state index in [1.165, 1.54) is 26.6 Å². The highest BCUT2D eigenvalue weighted by Crippen LogP contribution is 2.37. The monoisotopic (exact) mass is 308 g/mol. The van der Waals surface area contributed by atoms with Gasteiger partial charge in [-0.2, -0.15) is 12.7 Å². The van der Waals surface area contributed by atoms with Crippen molar-refractivity contribution in [3.05, 3.63) is 47.5 Å². The van der Waals surface area contributed by atoms with Crippen molar-refractivity contribution < 1.29 is 13.2 Å². The van der Waals surface area contributed by atoms with E-state index in [1.54, 1.807) is 0 Å². The van der Waals surface area contributed by atoms with E-state index in [0.717, 1.165) is 19.4 Å². The van der Waals surface area contributed by atoms with Crippen LogP contribution in [0.3, 0.4) is 0 Å². The highest BCUT2D eigenvalue weighted by Gasteiger charge is 2.29. The van der Waals surface area contributed by atoms with Gasteiger partial charge in [0.15, 0.2) is 0 Å². The van der Waals surface area contributed by atoms with Gasteiger partial charge in [-0.15, -0.1) is 0 Å². The lowest BCUT2D eigenvalue weighted by Crippen LogP contribution is -2.27. The van der Waals surface area contributed by atoms with Crippen LogP contribution in [0.4, 0.5) is 5.69 Å². The first-order chi connectivity index (χ1) is 9.91. The molecule has 1 atom stereocenters. The summed E-state index contributed by atoms with van der Waals surface area (Å²) in [6, 6.07) is 5.59. The number of imidazole rings is 1. The number of ether oxygens (including phenoxy) is 1. The number of anilines is 1. The molecule has 2 aromatic rings. The van der Waals surface area contributed by atoms with Crippen molar-refractivity contribution in [1.29, 1.82) is 0 Å². The maximum absolute atomic E-state index is 12.0. The van der Waals surface area contributed by atoms with E-state index in [2.05, 4.69) is 4.98 Å². The molecule has 8 heteroatoms. The van der Waals surface area contributed by atoms with Crippen molar-refractivity contribution >= 4 is 15.9 Å². The van der Waals surface area contributed by atoms with Gasteiger partial charge < -0.3 is 10.5 Å². The molecule has 1 aromatic heterocycles. The molecule has 2 N–H and O–H groups in total. The first-order valence-corrected chi connectivity index (χ1v) is 7.76. The molecule has 3 rings (SSSR count). The van der Waals surface area contributed by atoms with Crippen LogP contribution in [-0.4, -0.2) is 35.8 Å². The van der Waals surface area contributed by atoms with Crippen molar-refractivity contribution in [2.24, 2.45) is 0 Å². The lowest BCUT2D eigenvalue weighted by molar-refractivity contribution is 0.0915. The van der Waals surface area contributed by atoms with Gasteiger partial charge in [0.1, 0.15) is 12.4 Å². The van der Waals surface area contributed by atoms with Crippen LogP contribution < -0.4 is 5.73 Å². The van der Waals surface area contributed by atoms with Gasteiger partial charge in [0.05, 0.1) is 12.3 Å². The molecule has 1 aliphatic heterocycles. The van der Waals surface area contributed by atoms with Gasteiger partial charge in [0, 0.05) is 31.5 Å². The summed E-state index contributed by atoms with van der Waals surface area (Å²) < 4.78 is 32.0. The van der Waals surface area contributed by atoms with Gasteiger partial charge in [-0.3, -0.25) is 0 Å². The summed E-state index contributed by atoms with van der Waals surface area (Å²) in [7, 11) is -0.625. The third kappa shape index (κ3) is 2.21. The standard InChI is InChI=1S/C13H16N4O3S/c1-16(2)21(18,19)17-6-12(15-8-17)13-9-4-3-5-11(14)10(9)7-20-13/h3-6,8,13H,7,14H2,1-2H3. The Bertz CT molecular complexity index is 782. The lowest BCUT2D eigenvalue weighted by atomic mass is 10.0. The second kappa shape index (κ2) is 4.83. The summed E-state index contributed by atoms with van der Waals surface area (Å²) in [6.45, 7) is 0.403. The number of nitrogens with zero attached hydrogens (tertiary/aromatic N) is 3. The summed E-state index contributed by atoms with van der Waals surface area (Å²) >= 11 is 0. The smallest absolute Gasteiger partial charge is 0.308 e. The number of nitrogens with two attached hydrogens (primary N) is 1. The second-order valence-electron chi connectivity index (χ2n) is 5.02. The molecule has 1 aromatic carbocycles. The van der Waals surface area contributed by atoms with Gasteiger partial charge in [-0.05, 0) is 11.6 Å². The molecule has 0 amide bonds. The number of rotatable bonds is 3. The van der Waals surface area contributed by atoms with Crippen molar-refractivity contribution in [1.82, 2.24) is 13.3 Å². The second-order valence-corrected chi connectivity index (χ2v) is 7.07. The average Bonchev–Trinajstić information content (AvgIpc) is 3.05. The van der Waals surface area contributed by atoms with Gasteiger partial charge in [-0.1, -0.05) is 12.1 Å². The Morgan fingerprint density at radius 3 is 2.90 bits per heavy atom. The minimum Gasteiger partial charge on any atom is -0.398 e. The normalized spacial score (nSPS) is 18.1. The molecule has 7 nitrogen and oxygen atoms in total. The lowest BCUT2D eigenvalue weighted by Gasteiger charge is -2.11. The van der Waals surface area contributed by atoms with Crippen LogP contribution in [0.25, 0.3) is 0 Å². The molecule has 0 fully saturated rings. The van der Waals surface area contributed by atoms with Crippen LogP contribution >= 0.6 is 0 Å². The van der Waals surface area contributed by atoms with E-state index in [-0.39, 0.29) is 6.10 Å². The third-order valence-corrected chi connectivity index (χ3v) is 5.16. The summed E-state index contributed by atoms with van der Waals surface area (Å²) in [5.74, 6) is 0. The number of hydrogen-bond acceptors (Lipinski definition) is 5. The van der Waals surface area contributed by atoms with Gasteiger partial charge >= 0.3 is 10.2 Å². The maximum Gasteiger partial charge on any atom is 0.308 e. The molecule has 1 unspecified atom stereocenters. The Hall–Kier alpha value is -1.90. The summed E-state index contributed by atoms with van der Waals surface area (Å²) in [5.41, 5.74) is 9.01. The molecule has 21 heavy (non-hydrogen) atoms. The average molecular weight is 308 g/mol. The summed E-state index contributed by atoms with van der Waals surface area (Å²) in [6.07, 6.45) is 2.36. The number of nitrogen functional groups attached to an aromatic ring is 1. The molecule has 0 spiro atoms. The molecular weight excluding hydrogens is 292 g/mol. The van der Waals surface area contributed by atoms with Crippen molar-refractivity contribution in [2.45, 2.75) is 12.7 Å². The molecule has 0 aliphatic carbocycles. The molecular formula is C13H16N4O3S. The predicted octanol–water partition coefficient (Wildman–Crippen LogP) is 0.739. The van der Waals surface area contributed by atoms with Crippen LogP contribution in [0.5, 0.6) is 0 Å². The molecule has 2 heterocycles. The fourth-order valence-corrected chi connectivity index (χ4v) is 3.09. The fourth-order valence-electron chi connectivity index (χ4n) is 2.31. The highest BCUT2D eigenvalue weighted by atomic mass is 32.2. The van der Waals surface area contributed by atoms with E-state index in [0.29, 0.717) is 18.0 Å². The third-order valence-electron chi connectivity index (χ3n) is 3.50. The van der Waals surface area contributed by atoms with E-state index < -0.39 is 10.2 Å². The van der Waals surface area contributed by atoms with Crippen molar-refractivity contribution in [3.8, 4) is 0 Å². The quantitative estimate of drug-likeness (QED) is 0.845. The van der Waals surface area contributed by atoms with E-state index in [9.17, 15) is 8.42 Å². The Morgan fingerprint density at radius 2 is 2.19 bits per heavy atom. The number of hydrogen-bond donors (Lipinski definition) is 1. The van der Waals surface area contributed by atoms with Gasteiger partial charge in [-0.25, -0.2) is 8.96 Å². The number of benzene rings is 1. The summed E-state index contributed by atoms with van der Waals surface area (Å²) in [4.78, 5) is 4.17. The maximum atomic E-state index is 12.0. The van der Waals surface area contributed by atoms with Crippen LogP contribution in [-0.2, 0) is 21.6 Å². The first-order valence-electron chi connectivity index (χ1n) is 6.37. The van der Waals surface area contributed by atoms with E-state index >= 15 is 0 Å². The minimum absolute atomic E-state index is 0.387. The molecule has 1 aliphatic rings. The first kappa shape index (κ1) is 14.1. The molecule has 112 valence electrons. The minimum atomic E-state index is -3.56.